The van der Waals surface area contributed by atoms with E-state index in [4.69, 9.17) is 0 Å². The molecule has 0 amide bonds. The number of pyridine rings is 2. The van der Waals surface area contributed by atoms with Gasteiger partial charge in [0.15, 0.2) is 0 Å². The van der Waals surface area contributed by atoms with Crippen molar-refractivity contribution in [3.8, 4) is 0 Å². The molecule has 0 aliphatic carbocycles. The molecule has 0 radical (unpaired) electrons. The van der Waals surface area contributed by atoms with Crippen LogP contribution in [0.25, 0.3) is 5.70 Å². The van der Waals surface area contributed by atoms with E-state index in [9.17, 15) is 0 Å². The largest absolute Gasteiger partial charge is 0.255 e. The maximum Gasteiger partial charge on any atom is 0.0888 e. The second kappa shape index (κ2) is 6.40. The van der Waals surface area contributed by atoms with Crippen LogP contribution in [-0.4, -0.2) is 15.7 Å². The molecule has 19 heavy (non-hydrogen) atoms. The van der Waals surface area contributed by atoms with E-state index >= 15 is 0 Å². The summed E-state index contributed by atoms with van der Waals surface area (Å²) in [6.07, 6.45) is 7.12. The van der Waals surface area contributed by atoms with Crippen molar-refractivity contribution in [1.82, 2.24) is 9.97 Å². The Labute approximate surface area is 113 Å². The second-order valence-corrected chi connectivity index (χ2v) is 3.81. The van der Waals surface area contributed by atoms with Crippen molar-refractivity contribution in [2.45, 2.75) is 6.92 Å². The maximum absolute atomic E-state index is 4.59. The SMILES string of the molecule is C=C/C(=N\C(=C/C)c1ccccn1)c1ccccn1. The lowest BCUT2D eigenvalue weighted by atomic mass is 10.2. The second-order valence-electron chi connectivity index (χ2n) is 3.81. The Morgan fingerprint density at radius 2 is 1.68 bits per heavy atom. The summed E-state index contributed by atoms with van der Waals surface area (Å²) in [5, 5.41) is 0. The van der Waals surface area contributed by atoms with Gasteiger partial charge in [0.25, 0.3) is 0 Å². The summed E-state index contributed by atoms with van der Waals surface area (Å²) >= 11 is 0. The average molecular weight is 249 g/mol. The third kappa shape index (κ3) is 3.22. The molecule has 0 fully saturated rings. The molecule has 0 N–H and O–H groups in total. The topological polar surface area (TPSA) is 38.1 Å². The monoisotopic (exact) mass is 249 g/mol. The molecule has 0 unspecified atom stereocenters. The Balaban J connectivity index is 2.40. The fraction of sp³-hybridized carbons (Fsp3) is 0.0625. The molecule has 2 aromatic heterocycles. The molecule has 0 bridgehead atoms. The maximum atomic E-state index is 4.59. The summed E-state index contributed by atoms with van der Waals surface area (Å²) in [7, 11) is 0. The minimum Gasteiger partial charge on any atom is -0.255 e. The van der Waals surface area contributed by atoms with Crippen LogP contribution in [0.4, 0.5) is 0 Å². The van der Waals surface area contributed by atoms with Crippen molar-refractivity contribution in [3.05, 3.63) is 78.9 Å². The van der Waals surface area contributed by atoms with Gasteiger partial charge in [0.05, 0.1) is 22.8 Å². The van der Waals surface area contributed by atoms with E-state index in [2.05, 4.69) is 21.5 Å². The molecule has 2 rings (SSSR count). The van der Waals surface area contributed by atoms with Crippen LogP contribution in [0.3, 0.4) is 0 Å². The first-order valence-corrected chi connectivity index (χ1v) is 6.05. The van der Waals surface area contributed by atoms with E-state index in [1.165, 1.54) is 0 Å². The quantitative estimate of drug-likeness (QED) is 0.778. The summed E-state index contributed by atoms with van der Waals surface area (Å²) < 4.78 is 0. The summed E-state index contributed by atoms with van der Waals surface area (Å²) in [6.45, 7) is 5.74. The zero-order chi connectivity index (χ0) is 13.5. The van der Waals surface area contributed by atoms with Crippen LogP contribution in [0, 0.1) is 0 Å². The molecule has 2 heterocycles. The number of allylic oxidation sites excluding steroid dienone is 2. The summed E-state index contributed by atoms with van der Waals surface area (Å²) in [6, 6.07) is 11.5. The van der Waals surface area contributed by atoms with E-state index < -0.39 is 0 Å². The van der Waals surface area contributed by atoms with Crippen LogP contribution in [0.2, 0.25) is 0 Å². The molecule has 3 heteroatoms. The highest BCUT2D eigenvalue weighted by Gasteiger charge is 2.04. The lowest BCUT2D eigenvalue weighted by Gasteiger charge is -2.04. The van der Waals surface area contributed by atoms with Crippen LogP contribution < -0.4 is 0 Å². The van der Waals surface area contributed by atoms with E-state index in [0.29, 0.717) is 0 Å². The molecule has 0 aromatic carbocycles. The van der Waals surface area contributed by atoms with E-state index in [1.54, 1.807) is 18.5 Å². The summed E-state index contributed by atoms with van der Waals surface area (Å²) in [5.74, 6) is 0. The number of aromatic nitrogens is 2. The Morgan fingerprint density at radius 3 is 2.16 bits per heavy atom. The first kappa shape index (κ1) is 12.9. The minimum absolute atomic E-state index is 0.736. The number of aliphatic imine (C=N–C) groups is 1. The van der Waals surface area contributed by atoms with E-state index in [0.717, 1.165) is 22.8 Å². The van der Waals surface area contributed by atoms with Crippen LogP contribution >= 0.6 is 0 Å². The van der Waals surface area contributed by atoms with Gasteiger partial charge in [-0.05, 0) is 37.3 Å². The van der Waals surface area contributed by atoms with Gasteiger partial charge in [-0.2, -0.15) is 0 Å². The van der Waals surface area contributed by atoms with Gasteiger partial charge in [0, 0.05) is 12.4 Å². The lowest BCUT2D eigenvalue weighted by Crippen LogP contribution is -2.00. The van der Waals surface area contributed by atoms with Gasteiger partial charge < -0.3 is 0 Å². The third-order valence-corrected chi connectivity index (χ3v) is 2.56. The lowest BCUT2D eigenvalue weighted by molar-refractivity contribution is 1.24. The molecule has 0 aliphatic heterocycles. The zero-order valence-electron chi connectivity index (χ0n) is 10.8. The van der Waals surface area contributed by atoms with Gasteiger partial charge in [0.2, 0.25) is 0 Å². The molecule has 0 aliphatic rings. The Morgan fingerprint density at radius 1 is 1.05 bits per heavy atom. The van der Waals surface area contributed by atoms with Crippen molar-refractivity contribution < 1.29 is 0 Å². The molecule has 0 saturated carbocycles. The van der Waals surface area contributed by atoms with Crippen molar-refractivity contribution in [3.63, 3.8) is 0 Å². The van der Waals surface area contributed by atoms with Crippen molar-refractivity contribution in [2.24, 2.45) is 4.99 Å². The average Bonchev–Trinajstić information content (AvgIpc) is 2.50. The molecule has 2 aromatic rings. The molecule has 94 valence electrons. The Bertz CT molecular complexity index is 598. The number of hydrogen-bond acceptors (Lipinski definition) is 3. The van der Waals surface area contributed by atoms with Crippen molar-refractivity contribution in [1.29, 1.82) is 0 Å². The van der Waals surface area contributed by atoms with Crippen molar-refractivity contribution in [2.75, 3.05) is 0 Å². The van der Waals surface area contributed by atoms with Crippen molar-refractivity contribution >= 4 is 11.4 Å². The normalized spacial score (nSPS) is 12.3. The van der Waals surface area contributed by atoms with Gasteiger partial charge in [-0.1, -0.05) is 24.8 Å². The third-order valence-electron chi connectivity index (χ3n) is 2.56. The number of hydrogen-bond donors (Lipinski definition) is 0. The first-order chi connectivity index (χ1) is 9.35. The molecular formula is C16H15N3. The van der Waals surface area contributed by atoms with Gasteiger partial charge in [-0.25, -0.2) is 4.99 Å². The fourth-order valence-electron chi connectivity index (χ4n) is 1.64. The summed E-state index contributed by atoms with van der Waals surface area (Å²) in [4.78, 5) is 13.2. The minimum atomic E-state index is 0.736. The number of rotatable bonds is 4. The standard InChI is InChI=1S/C16H15N3/c1-3-13(15-9-5-7-11-17-15)19-14(4-2)16-10-6-8-12-18-16/h3-12H,1H2,2H3/b14-4-,19-13+. The van der Waals surface area contributed by atoms with E-state index in [-0.39, 0.29) is 0 Å². The first-order valence-electron chi connectivity index (χ1n) is 6.05. The van der Waals surface area contributed by atoms with Crippen LogP contribution in [0.5, 0.6) is 0 Å². The van der Waals surface area contributed by atoms with Crippen LogP contribution in [0.1, 0.15) is 18.3 Å². The Kier molecular flexibility index (Phi) is 4.34. The Hall–Kier alpha value is -2.55. The predicted molar refractivity (Wildman–Crippen MR) is 78.9 cm³/mol. The van der Waals surface area contributed by atoms with Gasteiger partial charge in [-0.15, -0.1) is 0 Å². The number of nitrogens with zero attached hydrogens (tertiary/aromatic N) is 3. The fourth-order valence-corrected chi connectivity index (χ4v) is 1.64. The zero-order valence-corrected chi connectivity index (χ0v) is 10.8. The van der Waals surface area contributed by atoms with Gasteiger partial charge in [-0.3, -0.25) is 9.97 Å². The molecular weight excluding hydrogens is 234 g/mol. The van der Waals surface area contributed by atoms with E-state index in [1.807, 2.05) is 49.4 Å². The molecule has 0 saturated heterocycles. The van der Waals surface area contributed by atoms with Gasteiger partial charge >= 0.3 is 0 Å². The van der Waals surface area contributed by atoms with Crippen LogP contribution in [0.15, 0.2) is 72.5 Å². The highest BCUT2D eigenvalue weighted by atomic mass is 14.8. The highest BCUT2D eigenvalue weighted by molar-refractivity contribution is 6.09. The van der Waals surface area contributed by atoms with Crippen LogP contribution in [-0.2, 0) is 0 Å². The molecule has 0 atom stereocenters. The smallest absolute Gasteiger partial charge is 0.0888 e. The predicted octanol–water partition coefficient (Wildman–Crippen LogP) is 3.51. The molecule has 3 nitrogen and oxygen atoms in total. The molecule has 0 spiro atoms. The van der Waals surface area contributed by atoms with Gasteiger partial charge in [0.1, 0.15) is 0 Å². The summed E-state index contributed by atoms with van der Waals surface area (Å²) in [5.41, 5.74) is 3.17. The highest BCUT2D eigenvalue weighted by Crippen LogP contribution is 2.14.